The molecular formula is C16H14N4O. The van der Waals surface area contributed by atoms with Crippen molar-refractivity contribution in [1.82, 2.24) is 9.38 Å². The smallest absolute Gasteiger partial charge is 0.231 e. The first-order valence-electron chi connectivity index (χ1n) is 6.77. The highest BCUT2D eigenvalue weighted by Crippen LogP contribution is 2.33. The number of rotatable bonds is 1. The SMILES string of the molecule is CN1C(=O)Cc2cc(-c3nc4ccccn4c3N)ccc21. The van der Waals surface area contributed by atoms with Gasteiger partial charge in [-0.25, -0.2) is 4.98 Å². The molecule has 4 rings (SSSR count). The Morgan fingerprint density at radius 1 is 1.24 bits per heavy atom. The second-order valence-corrected chi connectivity index (χ2v) is 5.25. The number of benzene rings is 1. The number of nitrogens with zero attached hydrogens (tertiary/aromatic N) is 3. The Balaban J connectivity index is 1.89. The molecule has 5 heteroatoms. The molecule has 0 aliphatic carbocycles. The molecule has 0 fully saturated rings. The minimum Gasteiger partial charge on any atom is -0.383 e. The third kappa shape index (κ3) is 1.64. The van der Waals surface area contributed by atoms with E-state index in [4.69, 9.17) is 5.73 Å². The van der Waals surface area contributed by atoms with Crippen molar-refractivity contribution in [1.29, 1.82) is 0 Å². The number of likely N-dealkylation sites (N-methyl/N-ethyl adjacent to an activating group) is 1. The number of pyridine rings is 1. The third-order valence-corrected chi connectivity index (χ3v) is 4.00. The van der Waals surface area contributed by atoms with Crippen LogP contribution in [0, 0.1) is 0 Å². The topological polar surface area (TPSA) is 63.6 Å². The van der Waals surface area contributed by atoms with Crippen LogP contribution in [0.15, 0.2) is 42.6 Å². The zero-order valence-corrected chi connectivity index (χ0v) is 11.6. The van der Waals surface area contributed by atoms with Crippen LogP contribution in [0.3, 0.4) is 0 Å². The average Bonchev–Trinajstić information content (AvgIpc) is 2.98. The first kappa shape index (κ1) is 12.0. The summed E-state index contributed by atoms with van der Waals surface area (Å²) in [4.78, 5) is 18.0. The highest BCUT2D eigenvalue weighted by Gasteiger charge is 2.24. The van der Waals surface area contributed by atoms with Gasteiger partial charge in [0.2, 0.25) is 5.91 Å². The monoisotopic (exact) mass is 278 g/mol. The van der Waals surface area contributed by atoms with Crippen LogP contribution in [-0.2, 0) is 11.2 Å². The number of carbonyl (C=O) groups is 1. The Bertz CT molecular complexity index is 881. The molecule has 0 spiro atoms. The maximum absolute atomic E-state index is 11.8. The molecule has 1 aliphatic rings. The van der Waals surface area contributed by atoms with Crippen molar-refractivity contribution >= 4 is 23.1 Å². The second kappa shape index (κ2) is 4.09. The number of hydrogen-bond acceptors (Lipinski definition) is 3. The van der Waals surface area contributed by atoms with Crippen molar-refractivity contribution in [3.05, 3.63) is 48.2 Å². The fourth-order valence-electron chi connectivity index (χ4n) is 2.84. The van der Waals surface area contributed by atoms with Gasteiger partial charge >= 0.3 is 0 Å². The van der Waals surface area contributed by atoms with E-state index in [0.29, 0.717) is 12.2 Å². The number of nitrogens with two attached hydrogens (primary N) is 1. The van der Waals surface area contributed by atoms with E-state index in [0.717, 1.165) is 28.2 Å². The standard InChI is InChI=1S/C16H14N4O/c1-19-12-6-5-10(8-11(12)9-14(19)21)15-16(17)20-7-3-2-4-13(20)18-15/h2-8H,9,17H2,1H3. The van der Waals surface area contributed by atoms with Crippen LogP contribution in [0.5, 0.6) is 0 Å². The number of anilines is 2. The Kier molecular flexibility index (Phi) is 2.33. The van der Waals surface area contributed by atoms with Gasteiger partial charge in [-0.05, 0) is 29.8 Å². The zero-order chi connectivity index (χ0) is 14.6. The Hall–Kier alpha value is -2.82. The Labute approximate surface area is 121 Å². The quantitative estimate of drug-likeness (QED) is 0.741. The van der Waals surface area contributed by atoms with Crippen LogP contribution >= 0.6 is 0 Å². The lowest BCUT2D eigenvalue weighted by Crippen LogP contribution is -2.20. The van der Waals surface area contributed by atoms with E-state index in [1.54, 1.807) is 11.9 Å². The molecule has 2 N–H and O–H groups in total. The van der Waals surface area contributed by atoms with Crippen LogP contribution in [-0.4, -0.2) is 22.3 Å². The predicted octanol–water partition coefficient (Wildman–Crippen LogP) is 2.10. The highest BCUT2D eigenvalue weighted by atomic mass is 16.2. The molecule has 1 aromatic carbocycles. The Morgan fingerprint density at radius 3 is 2.90 bits per heavy atom. The number of fused-ring (bicyclic) bond motifs is 2. The van der Waals surface area contributed by atoms with Gasteiger partial charge in [0.15, 0.2) is 0 Å². The first-order valence-corrected chi connectivity index (χ1v) is 6.77. The number of carbonyl (C=O) groups excluding carboxylic acids is 1. The minimum absolute atomic E-state index is 0.116. The van der Waals surface area contributed by atoms with Crippen LogP contribution in [0.25, 0.3) is 16.9 Å². The van der Waals surface area contributed by atoms with Crippen molar-refractivity contribution in [2.75, 3.05) is 17.7 Å². The molecule has 0 bridgehead atoms. The molecule has 5 nitrogen and oxygen atoms in total. The van der Waals surface area contributed by atoms with E-state index >= 15 is 0 Å². The number of amides is 1. The van der Waals surface area contributed by atoms with Crippen LogP contribution in [0.2, 0.25) is 0 Å². The molecule has 0 radical (unpaired) electrons. The summed E-state index contributed by atoms with van der Waals surface area (Å²) in [6, 6.07) is 11.7. The molecule has 0 unspecified atom stereocenters. The maximum Gasteiger partial charge on any atom is 0.231 e. The maximum atomic E-state index is 11.8. The third-order valence-electron chi connectivity index (χ3n) is 4.00. The summed E-state index contributed by atoms with van der Waals surface area (Å²) in [5, 5.41) is 0. The van der Waals surface area contributed by atoms with Gasteiger partial charge in [0.05, 0.1) is 6.42 Å². The summed E-state index contributed by atoms with van der Waals surface area (Å²) < 4.78 is 1.86. The van der Waals surface area contributed by atoms with E-state index in [1.807, 2.05) is 47.0 Å². The molecule has 3 heterocycles. The Morgan fingerprint density at radius 2 is 2.10 bits per heavy atom. The van der Waals surface area contributed by atoms with Crippen molar-refractivity contribution < 1.29 is 4.79 Å². The fraction of sp³-hybridized carbons (Fsp3) is 0.125. The molecule has 3 aromatic rings. The fourth-order valence-corrected chi connectivity index (χ4v) is 2.84. The highest BCUT2D eigenvalue weighted by molar-refractivity contribution is 6.01. The van der Waals surface area contributed by atoms with Crippen LogP contribution < -0.4 is 10.6 Å². The van der Waals surface area contributed by atoms with E-state index < -0.39 is 0 Å². The van der Waals surface area contributed by atoms with Crippen LogP contribution in [0.1, 0.15) is 5.56 Å². The van der Waals surface area contributed by atoms with E-state index in [9.17, 15) is 4.79 Å². The van der Waals surface area contributed by atoms with Gasteiger partial charge < -0.3 is 10.6 Å². The molecular weight excluding hydrogens is 264 g/mol. The van der Waals surface area contributed by atoms with Crippen LogP contribution in [0.4, 0.5) is 11.5 Å². The largest absolute Gasteiger partial charge is 0.383 e. The van der Waals surface area contributed by atoms with Gasteiger partial charge in [0, 0.05) is 24.5 Å². The summed E-state index contributed by atoms with van der Waals surface area (Å²) in [6.07, 6.45) is 2.33. The van der Waals surface area contributed by atoms with E-state index in [1.165, 1.54) is 0 Å². The summed E-state index contributed by atoms with van der Waals surface area (Å²) in [6.45, 7) is 0. The van der Waals surface area contributed by atoms with Gasteiger partial charge in [-0.3, -0.25) is 9.20 Å². The molecule has 21 heavy (non-hydrogen) atoms. The molecule has 0 saturated carbocycles. The second-order valence-electron chi connectivity index (χ2n) is 5.25. The predicted molar refractivity (Wildman–Crippen MR) is 82.2 cm³/mol. The zero-order valence-electron chi connectivity index (χ0n) is 11.6. The molecule has 1 amide bonds. The van der Waals surface area contributed by atoms with Gasteiger partial charge in [0.25, 0.3) is 0 Å². The lowest BCUT2D eigenvalue weighted by molar-refractivity contribution is -0.117. The number of aromatic nitrogens is 2. The van der Waals surface area contributed by atoms with Gasteiger partial charge in [0.1, 0.15) is 17.2 Å². The number of imidazole rings is 1. The summed E-state index contributed by atoms with van der Waals surface area (Å²) in [5.74, 6) is 0.730. The van der Waals surface area contributed by atoms with Crippen molar-refractivity contribution in [3.8, 4) is 11.3 Å². The minimum atomic E-state index is 0.116. The van der Waals surface area contributed by atoms with Crippen molar-refractivity contribution in [2.24, 2.45) is 0 Å². The van der Waals surface area contributed by atoms with Crippen molar-refractivity contribution in [3.63, 3.8) is 0 Å². The first-order chi connectivity index (χ1) is 10.1. The number of hydrogen-bond donors (Lipinski definition) is 1. The summed E-state index contributed by atoms with van der Waals surface area (Å²) in [5.41, 5.74) is 10.7. The normalized spacial score (nSPS) is 14.0. The molecule has 1 aliphatic heterocycles. The lowest BCUT2D eigenvalue weighted by atomic mass is 10.1. The number of nitrogen functional groups attached to an aromatic ring is 1. The molecule has 0 saturated heterocycles. The average molecular weight is 278 g/mol. The molecule has 2 aromatic heterocycles. The van der Waals surface area contributed by atoms with Gasteiger partial charge in [-0.15, -0.1) is 0 Å². The van der Waals surface area contributed by atoms with Gasteiger partial charge in [-0.1, -0.05) is 12.1 Å². The summed E-state index contributed by atoms with van der Waals surface area (Å²) in [7, 11) is 1.80. The summed E-state index contributed by atoms with van der Waals surface area (Å²) >= 11 is 0. The molecule has 0 atom stereocenters. The van der Waals surface area contributed by atoms with E-state index in [-0.39, 0.29) is 5.91 Å². The molecule has 104 valence electrons. The van der Waals surface area contributed by atoms with Crippen molar-refractivity contribution in [2.45, 2.75) is 6.42 Å². The van der Waals surface area contributed by atoms with Gasteiger partial charge in [-0.2, -0.15) is 0 Å². The van der Waals surface area contributed by atoms with E-state index in [2.05, 4.69) is 4.98 Å². The lowest BCUT2D eigenvalue weighted by Gasteiger charge is -2.10.